The van der Waals surface area contributed by atoms with E-state index in [4.69, 9.17) is 9.97 Å². The van der Waals surface area contributed by atoms with E-state index in [0.29, 0.717) is 5.82 Å². The van der Waals surface area contributed by atoms with Crippen LogP contribution < -0.4 is 0 Å². The summed E-state index contributed by atoms with van der Waals surface area (Å²) in [5, 5.41) is 7.22. The van der Waals surface area contributed by atoms with E-state index in [0.717, 1.165) is 100 Å². The van der Waals surface area contributed by atoms with Gasteiger partial charge in [0, 0.05) is 71.5 Å². The smallest absolute Gasteiger partial charge is 0.160 e. The number of hydrogen-bond donors (Lipinski definition) is 0. The van der Waals surface area contributed by atoms with E-state index < -0.39 is 0 Å². The second kappa shape index (κ2) is 21.6. The van der Waals surface area contributed by atoms with Crippen molar-refractivity contribution >= 4 is 65.4 Å². The van der Waals surface area contributed by atoms with Crippen molar-refractivity contribution in [2.24, 2.45) is 0 Å². The predicted octanol–water partition coefficient (Wildman–Crippen LogP) is 22.7. The van der Waals surface area contributed by atoms with E-state index in [1.165, 1.54) is 76.8 Å². The highest BCUT2D eigenvalue weighted by Gasteiger charge is 2.26. The van der Waals surface area contributed by atoms with Crippen LogP contribution in [0.15, 0.2) is 297 Å². The monoisotopic (exact) mass is 1160 g/mol. The molecule has 5 nitrogen and oxygen atoms in total. The third-order valence-electron chi connectivity index (χ3n) is 18.6. The second-order valence-corrected chi connectivity index (χ2v) is 24.4. The molecule has 0 unspecified atom stereocenters. The van der Waals surface area contributed by atoms with Gasteiger partial charge in [0.05, 0.1) is 50.2 Å². The minimum atomic E-state index is 0.660. The molecule has 0 fully saturated rings. The largest absolute Gasteiger partial charge is 0.309 e. The van der Waals surface area contributed by atoms with Crippen molar-refractivity contribution < 1.29 is 0 Å². The molecule has 0 aliphatic rings. The summed E-state index contributed by atoms with van der Waals surface area (Å²) in [5.41, 5.74) is 28.7. The van der Waals surface area contributed by atoms with Crippen LogP contribution in [0.2, 0.25) is 0 Å². The lowest BCUT2D eigenvalue weighted by atomic mass is 9.91. The first-order chi connectivity index (χ1) is 44.8. The van der Waals surface area contributed by atoms with Gasteiger partial charge >= 0.3 is 0 Å². The highest BCUT2D eigenvalue weighted by molar-refractivity contribution is 6.14. The Labute approximate surface area is 528 Å². The Kier molecular flexibility index (Phi) is 12.7. The first-order valence-electron chi connectivity index (χ1n) is 31.4. The van der Waals surface area contributed by atoms with Gasteiger partial charge in [-0.1, -0.05) is 217 Å². The molecular weight excluding hydrogens is 1100 g/mol. The van der Waals surface area contributed by atoms with E-state index in [1.807, 2.05) is 6.07 Å². The molecule has 0 saturated heterocycles. The highest BCUT2D eigenvalue weighted by atomic mass is 15.0. The average Bonchev–Trinajstić information content (AvgIpc) is 1.61. The first kappa shape index (κ1) is 53.6. The molecule has 0 saturated carbocycles. The van der Waals surface area contributed by atoms with Gasteiger partial charge in [-0.15, -0.1) is 0 Å². The number of rotatable bonds is 10. The third-order valence-corrected chi connectivity index (χ3v) is 18.6. The lowest BCUT2D eigenvalue weighted by Gasteiger charge is -2.22. The van der Waals surface area contributed by atoms with Crippen molar-refractivity contribution in [1.29, 1.82) is 0 Å². The predicted molar refractivity (Wildman–Crippen MR) is 382 cm³/mol. The number of fused-ring (bicyclic) bond motifs is 9. The van der Waals surface area contributed by atoms with Crippen LogP contribution in [0.4, 0.5) is 0 Å². The Morgan fingerprint density at radius 2 is 0.604 bits per heavy atom. The van der Waals surface area contributed by atoms with Crippen LogP contribution in [0.3, 0.4) is 0 Å². The molecule has 0 radical (unpaired) electrons. The summed E-state index contributed by atoms with van der Waals surface area (Å²) in [5.74, 6) is 0.660. The van der Waals surface area contributed by atoms with Crippen LogP contribution in [0, 0.1) is 27.7 Å². The van der Waals surface area contributed by atoms with Gasteiger partial charge in [-0.25, -0.2) is 9.97 Å². The molecule has 0 aliphatic heterocycles. The lowest BCUT2D eigenvalue weighted by Crippen LogP contribution is -2.04. The quantitative estimate of drug-likeness (QED) is 0.137. The van der Waals surface area contributed by atoms with Crippen LogP contribution in [0.1, 0.15) is 22.3 Å². The second-order valence-electron chi connectivity index (χ2n) is 24.4. The van der Waals surface area contributed by atoms with Gasteiger partial charge < -0.3 is 13.7 Å². The fraction of sp³-hybridized carbons (Fsp3) is 0.0465. The normalized spacial score (nSPS) is 11.7. The molecule has 0 amide bonds. The minimum Gasteiger partial charge on any atom is -0.309 e. The number of para-hydroxylation sites is 4. The summed E-state index contributed by atoms with van der Waals surface area (Å²) < 4.78 is 7.43. The Hall–Kier alpha value is -11.7. The summed E-state index contributed by atoms with van der Waals surface area (Å²) >= 11 is 0. The number of hydrogen-bond acceptors (Lipinski definition) is 2. The molecule has 5 heteroatoms. The van der Waals surface area contributed by atoms with Gasteiger partial charge in [-0.3, -0.25) is 0 Å². The standard InChI is InChI=1S/C86H61N5/c1-54-37-41-67(56(3)45-54)62-39-43-83-75(49-62)76-50-63(68-42-38-55(2)46-57(68)4)40-44-84(76)91(83)85-73(60-25-19-27-65(47-60)89-79-33-15-11-29-69(79)70-30-12-16-34-80(70)89)51-64(78-53-77(58-21-7-5-8-22-58)87-86(88-78)59-23-9-6-10-24-59)52-74(85)61-26-20-28-66(48-61)90-81-35-17-13-31-71(81)72-32-14-18-36-82(72)90/h5-53H,1-4H3. The fourth-order valence-electron chi connectivity index (χ4n) is 14.4. The number of nitrogens with zero attached hydrogens (tertiary/aromatic N) is 5. The minimum absolute atomic E-state index is 0.660. The zero-order valence-corrected chi connectivity index (χ0v) is 51.0. The number of benzene rings is 13. The van der Waals surface area contributed by atoms with Gasteiger partial charge in [0.1, 0.15) is 0 Å². The van der Waals surface area contributed by atoms with Crippen LogP contribution in [0.25, 0.3) is 161 Å². The van der Waals surface area contributed by atoms with Gasteiger partial charge in [-0.2, -0.15) is 0 Å². The lowest BCUT2D eigenvalue weighted by molar-refractivity contribution is 1.16. The van der Waals surface area contributed by atoms with Gasteiger partial charge in [-0.05, 0) is 163 Å². The SMILES string of the molecule is Cc1ccc(-c2ccc3c(c2)c2cc(-c4ccc(C)cc4C)ccc2n3-c2c(-c3cccc(-n4c5ccccc5c5ccccc54)c3)cc(-c3cc(-c4ccccc4)nc(-c4ccccc4)n3)cc2-c2cccc(-n3c4ccccc4c4ccccc43)c2)c(C)c1. The van der Waals surface area contributed by atoms with Crippen LogP contribution in [0.5, 0.6) is 0 Å². The van der Waals surface area contributed by atoms with Crippen LogP contribution in [-0.4, -0.2) is 23.7 Å². The molecule has 0 bridgehead atoms. The molecule has 17 rings (SSSR count). The Balaban J connectivity index is 1.02. The van der Waals surface area contributed by atoms with Crippen LogP contribution in [-0.2, 0) is 0 Å². The molecule has 91 heavy (non-hydrogen) atoms. The van der Waals surface area contributed by atoms with E-state index in [2.05, 4.69) is 333 Å². The highest BCUT2D eigenvalue weighted by Crippen LogP contribution is 2.47. The molecular formula is C86H61N5. The molecule has 4 aromatic heterocycles. The molecule has 17 aromatic rings. The van der Waals surface area contributed by atoms with E-state index in [-0.39, 0.29) is 0 Å². The maximum atomic E-state index is 5.59. The van der Waals surface area contributed by atoms with Crippen molar-refractivity contribution in [2.75, 3.05) is 0 Å². The summed E-state index contributed by atoms with van der Waals surface area (Å²) in [7, 11) is 0. The van der Waals surface area contributed by atoms with Crippen molar-refractivity contribution in [3.05, 3.63) is 320 Å². The first-order valence-corrected chi connectivity index (χ1v) is 31.4. The molecule has 4 heterocycles. The Morgan fingerprint density at radius 3 is 1.04 bits per heavy atom. The van der Waals surface area contributed by atoms with Crippen molar-refractivity contribution in [2.45, 2.75) is 27.7 Å². The summed E-state index contributed by atoms with van der Waals surface area (Å²) in [6, 6.07) is 109. The molecule has 430 valence electrons. The third kappa shape index (κ3) is 9.07. The summed E-state index contributed by atoms with van der Waals surface area (Å²) in [6.07, 6.45) is 0. The van der Waals surface area contributed by atoms with Crippen molar-refractivity contribution in [1.82, 2.24) is 23.7 Å². The van der Waals surface area contributed by atoms with Crippen molar-refractivity contribution in [3.63, 3.8) is 0 Å². The average molecular weight is 1160 g/mol. The fourth-order valence-corrected chi connectivity index (χ4v) is 14.4. The number of aryl methyl sites for hydroxylation is 4. The van der Waals surface area contributed by atoms with Crippen molar-refractivity contribution in [3.8, 4) is 95.5 Å². The molecule has 13 aromatic carbocycles. The summed E-state index contributed by atoms with van der Waals surface area (Å²) in [6.45, 7) is 8.82. The maximum absolute atomic E-state index is 5.59. The maximum Gasteiger partial charge on any atom is 0.160 e. The van der Waals surface area contributed by atoms with E-state index in [9.17, 15) is 0 Å². The Bertz CT molecular complexity index is 5310. The van der Waals surface area contributed by atoms with Gasteiger partial charge in [0.2, 0.25) is 0 Å². The number of aromatic nitrogens is 5. The Morgan fingerprint density at radius 1 is 0.231 bits per heavy atom. The summed E-state index contributed by atoms with van der Waals surface area (Å²) in [4.78, 5) is 10.9. The molecule has 0 spiro atoms. The van der Waals surface area contributed by atoms with Gasteiger partial charge in [0.15, 0.2) is 5.82 Å². The molecule has 0 N–H and O–H groups in total. The zero-order valence-electron chi connectivity index (χ0n) is 51.0. The van der Waals surface area contributed by atoms with Gasteiger partial charge in [0.25, 0.3) is 0 Å². The topological polar surface area (TPSA) is 40.6 Å². The van der Waals surface area contributed by atoms with E-state index in [1.54, 1.807) is 0 Å². The van der Waals surface area contributed by atoms with E-state index >= 15 is 0 Å². The van der Waals surface area contributed by atoms with Crippen LogP contribution >= 0.6 is 0 Å². The molecule has 0 atom stereocenters. The zero-order chi connectivity index (χ0) is 60.8. The molecule has 0 aliphatic carbocycles.